The fourth-order valence-corrected chi connectivity index (χ4v) is 1.93. The molecule has 0 fully saturated rings. The molecule has 6 heteroatoms. The van der Waals surface area contributed by atoms with E-state index < -0.39 is 11.7 Å². The predicted octanol–water partition coefficient (Wildman–Crippen LogP) is 2.42. The van der Waals surface area contributed by atoms with E-state index in [-0.39, 0.29) is 5.69 Å². The monoisotopic (exact) mass is 289 g/mol. The number of hydrogen-bond donors (Lipinski definition) is 1. The van der Waals surface area contributed by atoms with Crippen molar-refractivity contribution in [2.24, 2.45) is 0 Å². The Morgan fingerprint density at radius 2 is 1.75 bits per heavy atom. The lowest BCUT2D eigenvalue weighted by atomic mass is 10.1. The van der Waals surface area contributed by atoms with Crippen LogP contribution in [0.3, 0.4) is 0 Å². The van der Waals surface area contributed by atoms with Gasteiger partial charge in [0.2, 0.25) is 0 Å². The zero-order valence-electron chi connectivity index (χ0n) is 12.4. The summed E-state index contributed by atoms with van der Waals surface area (Å²) < 4.78 is 39.5. The SMILES string of the molecule is CNCc1ccc(N(C)CCN(C)C)c(C(F)(F)F)c1. The van der Waals surface area contributed by atoms with Gasteiger partial charge in [-0.2, -0.15) is 13.2 Å². The van der Waals surface area contributed by atoms with Crippen molar-refractivity contribution in [3.05, 3.63) is 29.3 Å². The molecule has 0 saturated heterocycles. The van der Waals surface area contributed by atoms with E-state index in [2.05, 4.69) is 5.32 Å². The Bertz CT molecular complexity index is 430. The van der Waals surface area contributed by atoms with Gasteiger partial charge in [0.1, 0.15) is 0 Å². The van der Waals surface area contributed by atoms with Gasteiger partial charge in [0.15, 0.2) is 0 Å². The minimum absolute atomic E-state index is 0.221. The molecule has 0 bridgehead atoms. The summed E-state index contributed by atoms with van der Waals surface area (Å²) in [7, 11) is 7.19. The average Bonchev–Trinajstić information content (AvgIpc) is 2.35. The van der Waals surface area contributed by atoms with Crippen molar-refractivity contribution in [3.8, 4) is 0 Å². The smallest absolute Gasteiger partial charge is 0.373 e. The van der Waals surface area contributed by atoms with Gasteiger partial charge < -0.3 is 15.1 Å². The largest absolute Gasteiger partial charge is 0.418 e. The van der Waals surface area contributed by atoms with Crippen LogP contribution in [0.2, 0.25) is 0 Å². The molecule has 0 aliphatic rings. The Morgan fingerprint density at radius 3 is 2.25 bits per heavy atom. The highest BCUT2D eigenvalue weighted by Gasteiger charge is 2.34. The summed E-state index contributed by atoms with van der Waals surface area (Å²) in [5.74, 6) is 0. The molecule has 1 aromatic carbocycles. The number of nitrogens with one attached hydrogen (secondary N) is 1. The van der Waals surface area contributed by atoms with Crippen molar-refractivity contribution < 1.29 is 13.2 Å². The van der Waals surface area contributed by atoms with Gasteiger partial charge in [0, 0.05) is 32.4 Å². The van der Waals surface area contributed by atoms with Crippen molar-refractivity contribution in [1.82, 2.24) is 10.2 Å². The molecule has 0 atom stereocenters. The van der Waals surface area contributed by atoms with E-state index in [4.69, 9.17) is 0 Å². The van der Waals surface area contributed by atoms with Gasteiger partial charge in [-0.15, -0.1) is 0 Å². The number of benzene rings is 1. The van der Waals surface area contributed by atoms with Crippen LogP contribution in [0.15, 0.2) is 18.2 Å². The van der Waals surface area contributed by atoms with Crippen LogP contribution in [-0.2, 0) is 12.7 Å². The first-order chi connectivity index (χ1) is 9.25. The highest BCUT2D eigenvalue weighted by Crippen LogP contribution is 2.36. The molecule has 0 amide bonds. The highest BCUT2D eigenvalue weighted by atomic mass is 19.4. The van der Waals surface area contributed by atoms with E-state index >= 15 is 0 Å². The summed E-state index contributed by atoms with van der Waals surface area (Å²) in [6.07, 6.45) is -4.34. The van der Waals surface area contributed by atoms with Crippen LogP contribution < -0.4 is 10.2 Å². The molecule has 0 aromatic heterocycles. The summed E-state index contributed by atoms with van der Waals surface area (Å²) >= 11 is 0. The maximum absolute atomic E-state index is 13.2. The number of hydrogen-bond acceptors (Lipinski definition) is 3. The van der Waals surface area contributed by atoms with Crippen LogP contribution in [0.1, 0.15) is 11.1 Å². The molecule has 0 heterocycles. The van der Waals surface area contributed by atoms with Crippen LogP contribution in [0.4, 0.5) is 18.9 Å². The topological polar surface area (TPSA) is 18.5 Å². The van der Waals surface area contributed by atoms with Gasteiger partial charge in [0.05, 0.1) is 5.56 Å². The molecular formula is C14H22F3N3. The molecule has 0 aliphatic carbocycles. The first kappa shape index (κ1) is 16.8. The van der Waals surface area contributed by atoms with Gasteiger partial charge in [-0.1, -0.05) is 6.07 Å². The van der Waals surface area contributed by atoms with Crippen molar-refractivity contribution in [2.75, 3.05) is 46.2 Å². The second kappa shape index (κ2) is 6.95. The summed E-state index contributed by atoms with van der Waals surface area (Å²) in [5.41, 5.74) is 0.273. The van der Waals surface area contributed by atoms with E-state index in [0.29, 0.717) is 25.2 Å². The molecular weight excluding hydrogens is 267 g/mol. The third-order valence-corrected chi connectivity index (χ3v) is 3.04. The van der Waals surface area contributed by atoms with Crippen LogP contribution in [0.5, 0.6) is 0 Å². The Morgan fingerprint density at radius 1 is 1.10 bits per heavy atom. The van der Waals surface area contributed by atoms with Crippen LogP contribution in [0.25, 0.3) is 0 Å². The van der Waals surface area contributed by atoms with Crippen molar-refractivity contribution >= 4 is 5.69 Å². The summed E-state index contributed by atoms with van der Waals surface area (Å²) in [6, 6.07) is 4.50. The Kier molecular flexibility index (Phi) is 5.83. The van der Waals surface area contributed by atoms with E-state index in [1.807, 2.05) is 19.0 Å². The van der Waals surface area contributed by atoms with Crippen LogP contribution in [0, 0.1) is 0 Å². The molecule has 0 aliphatic heterocycles. The summed E-state index contributed by atoms with van der Waals surface area (Å²) in [4.78, 5) is 3.59. The third kappa shape index (κ3) is 4.68. The normalized spacial score (nSPS) is 12.0. The minimum atomic E-state index is -4.34. The molecule has 0 saturated carbocycles. The van der Waals surface area contributed by atoms with Gasteiger partial charge in [-0.3, -0.25) is 0 Å². The van der Waals surface area contributed by atoms with Crippen molar-refractivity contribution in [3.63, 3.8) is 0 Å². The summed E-state index contributed by atoms with van der Waals surface area (Å²) in [6.45, 7) is 1.66. The highest BCUT2D eigenvalue weighted by molar-refractivity contribution is 5.56. The number of halogens is 3. The molecule has 0 radical (unpaired) electrons. The van der Waals surface area contributed by atoms with E-state index in [1.54, 1.807) is 31.1 Å². The Balaban J connectivity index is 3.05. The quantitative estimate of drug-likeness (QED) is 0.867. The maximum atomic E-state index is 13.2. The molecule has 114 valence electrons. The summed E-state index contributed by atoms with van der Waals surface area (Å²) in [5, 5.41) is 2.86. The average molecular weight is 289 g/mol. The molecule has 0 unspecified atom stereocenters. The second-order valence-corrected chi connectivity index (χ2v) is 5.10. The van der Waals surface area contributed by atoms with Gasteiger partial charge in [0.25, 0.3) is 0 Å². The Labute approximate surface area is 118 Å². The van der Waals surface area contributed by atoms with Gasteiger partial charge >= 0.3 is 6.18 Å². The number of anilines is 1. The zero-order valence-corrected chi connectivity index (χ0v) is 12.4. The lowest BCUT2D eigenvalue weighted by Crippen LogP contribution is -2.30. The van der Waals surface area contributed by atoms with Gasteiger partial charge in [-0.25, -0.2) is 0 Å². The van der Waals surface area contributed by atoms with E-state index in [0.717, 1.165) is 0 Å². The van der Waals surface area contributed by atoms with Crippen molar-refractivity contribution in [1.29, 1.82) is 0 Å². The minimum Gasteiger partial charge on any atom is -0.373 e. The number of nitrogens with zero attached hydrogens (tertiary/aromatic N) is 2. The van der Waals surface area contributed by atoms with Crippen LogP contribution in [-0.4, -0.2) is 46.2 Å². The number of likely N-dealkylation sites (N-methyl/N-ethyl adjacent to an activating group) is 2. The fraction of sp³-hybridized carbons (Fsp3) is 0.571. The molecule has 1 N–H and O–H groups in total. The molecule has 0 spiro atoms. The standard InChI is InChI=1S/C14H22F3N3/c1-18-10-11-5-6-13(12(9-11)14(15,16)17)20(4)8-7-19(2)3/h5-6,9,18H,7-8,10H2,1-4H3. The molecule has 1 aromatic rings. The molecule has 20 heavy (non-hydrogen) atoms. The number of rotatable bonds is 6. The lowest BCUT2D eigenvalue weighted by Gasteiger charge is -2.25. The fourth-order valence-electron chi connectivity index (χ4n) is 1.93. The molecule has 1 rings (SSSR count). The van der Waals surface area contributed by atoms with Gasteiger partial charge in [-0.05, 0) is 38.8 Å². The van der Waals surface area contributed by atoms with E-state index in [9.17, 15) is 13.2 Å². The predicted molar refractivity (Wildman–Crippen MR) is 76.0 cm³/mol. The Hall–Kier alpha value is -1.27. The molecule has 3 nitrogen and oxygen atoms in total. The zero-order chi connectivity index (χ0) is 15.3. The third-order valence-electron chi connectivity index (χ3n) is 3.04. The maximum Gasteiger partial charge on any atom is 0.418 e. The first-order valence-corrected chi connectivity index (χ1v) is 6.46. The van der Waals surface area contributed by atoms with E-state index in [1.165, 1.54) is 6.07 Å². The lowest BCUT2D eigenvalue weighted by molar-refractivity contribution is -0.137. The first-order valence-electron chi connectivity index (χ1n) is 6.46. The second-order valence-electron chi connectivity index (χ2n) is 5.10. The number of alkyl halides is 3. The van der Waals surface area contributed by atoms with Crippen LogP contribution >= 0.6 is 0 Å². The van der Waals surface area contributed by atoms with Crippen molar-refractivity contribution in [2.45, 2.75) is 12.7 Å².